The first-order valence-corrected chi connectivity index (χ1v) is 2.52. The van der Waals surface area contributed by atoms with Gasteiger partial charge in [-0.3, -0.25) is 4.79 Å². The van der Waals surface area contributed by atoms with E-state index in [0.29, 0.717) is 0 Å². The van der Waals surface area contributed by atoms with Crippen LogP contribution in [0.2, 0.25) is 0 Å². The van der Waals surface area contributed by atoms with Crippen LogP contribution in [0.3, 0.4) is 0 Å². The van der Waals surface area contributed by atoms with Gasteiger partial charge in [0.15, 0.2) is 0 Å². The van der Waals surface area contributed by atoms with Crippen LogP contribution < -0.4 is 5.73 Å². The molecule has 0 aliphatic carbocycles. The van der Waals surface area contributed by atoms with E-state index in [0.717, 1.165) is 0 Å². The number of rotatable bonds is 0. The normalized spacial score (nSPS) is 33.4. The van der Waals surface area contributed by atoms with E-state index in [-0.39, 0.29) is 5.97 Å². The van der Waals surface area contributed by atoms with Crippen molar-refractivity contribution >= 4 is 5.97 Å². The third kappa shape index (κ3) is 0.512. The Morgan fingerprint density at radius 1 is 1.75 bits per heavy atom. The number of hydrogen-bond acceptors (Lipinski definition) is 3. The fourth-order valence-corrected chi connectivity index (χ4v) is 0.612. The molecule has 2 N–H and O–H groups in total. The number of ether oxygens (including phenoxy) is 1. The zero-order chi connectivity index (χ0) is 6.36. The largest absolute Gasteiger partial charge is 0.456 e. The minimum absolute atomic E-state index is 0.296. The summed E-state index contributed by atoms with van der Waals surface area (Å²) in [4.78, 5) is 10.3. The van der Waals surface area contributed by atoms with E-state index < -0.39 is 11.6 Å². The van der Waals surface area contributed by atoms with Crippen LogP contribution >= 0.6 is 0 Å². The zero-order valence-electron chi connectivity index (χ0n) is 4.97. The second kappa shape index (κ2) is 1.23. The molecule has 1 rings (SSSR count). The summed E-state index contributed by atoms with van der Waals surface area (Å²) in [6.07, 6.45) is 0. The van der Waals surface area contributed by atoms with E-state index >= 15 is 0 Å². The molecule has 1 unspecified atom stereocenters. The van der Waals surface area contributed by atoms with Crippen molar-refractivity contribution in [2.75, 3.05) is 0 Å². The van der Waals surface area contributed by atoms with Crippen LogP contribution in [0.1, 0.15) is 13.8 Å². The van der Waals surface area contributed by atoms with E-state index in [4.69, 9.17) is 5.73 Å². The molecule has 8 heavy (non-hydrogen) atoms. The monoisotopic (exact) mass is 115 g/mol. The number of carbonyl (C=O) groups excluding carboxylic acids is 1. The molecule has 1 aliphatic rings. The molecule has 0 spiro atoms. The Hall–Kier alpha value is -0.570. The third-order valence-electron chi connectivity index (χ3n) is 1.37. The molecule has 1 saturated heterocycles. The molecule has 3 nitrogen and oxygen atoms in total. The van der Waals surface area contributed by atoms with Gasteiger partial charge in [0, 0.05) is 0 Å². The molecule has 0 radical (unpaired) electrons. The zero-order valence-corrected chi connectivity index (χ0v) is 4.97. The molecular formula is C5H9NO2. The molecule has 0 aromatic carbocycles. The summed E-state index contributed by atoms with van der Waals surface area (Å²) in [5.41, 5.74) is 4.91. The summed E-state index contributed by atoms with van der Waals surface area (Å²) in [6.45, 7) is 3.58. The molecule has 1 heterocycles. The highest BCUT2D eigenvalue weighted by atomic mass is 16.6. The van der Waals surface area contributed by atoms with Gasteiger partial charge in [-0.2, -0.15) is 0 Å². The lowest BCUT2D eigenvalue weighted by Gasteiger charge is -2.39. The molecule has 1 atom stereocenters. The van der Waals surface area contributed by atoms with E-state index in [1.807, 2.05) is 0 Å². The second-order valence-electron chi connectivity index (χ2n) is 2.50. The van der Waals surface area contributed by atoms with Gasteiger partial charge >= 0.3 is 5.97 Å². The van der Waals surface area contributed by atoms with Crippen LogP contribution in [-0.4, -0.2) is 17.6 Å². The highest BCUT2D eigenvalue weighted by Crippen LogP contribution is 2.24. The van der Waals surface area contributed by atoms with Gasteiger partial charge in [-0.25, -0.2) is 0 Å². The van der Waals surface area contributed by atoms with Gasteiger partial charge in [-0.05, 0) is 13.8 Å². The molecule has 3 heteroatoms. The van der Waals surface area contributed by atoms with Crippen LogP contribution in [0.5, 0.6) is 0 Å². The van der Waals surface area contributed by atoms with Crippen LogP contribution in [0.15, 0.2) is 0 Å². The van der Waals surface area contributed by atoms with E-state index in [2.05, 4.69) is 4.74 Å². The van der Waals surface area contributed by atoms with E-state index in [1.54, 1.807) is 13.8 Å². The maximum atomic E-state index is 10.3. The van der Waals surface area contributed by atoms with Crippen molar-refractivity contribution in [3.05, 3.63) is 0 Å². The van der Waals surface area contributed by atoms with Crippen LogP contribution in [-0.2, 0) is 9.53 Å². The second-order valence-corrected chi connectivity index (χ2v) is 2.50. The number of carbonyl (C=O) groups is 1. The summed E-state index contributed by atoms with van der Waals surface area (Å²) < 4.78 is 4.67. The fourth-order valence-electron chi connectivity index (χ4n) is 0.612. The predicted molar refractivity (Wildman–Crippen MR) is 28.1 cm³/mol. The lowest BCUT2D eigenvalue weighted by Crippen LogP contribution is -2.62. The van der Waals surface area contributed by atoms with Crippen molar-refractivity contribution < 1.29 is 9.53 Å². The molecule has 0 saturated carbocycles. The quantitative estimate of drug-likeness (QED) is 0.439. The molecule has 0 aromatic rings. The highest BCUT2D eigenvalue weighted by Gasteiger charge is 2.46. The van der Waals surface area contributed by atoms with Crippen LogP contribution in [0.4, 0.5) is 0 Å². The van der Waals surface area contributed by atoms with Gasteiger partial charge in [0.25, 0.3) is 0 Å². The Kier molecular flexibility index (Phi) is 0.854. The van der Waals surface area contributed by atoms with Gasteiger partial charge in [0.05, 0.1) is 0 Å². The third-order valence-corrected chi connectivity index (χ3v) is 1.37. The molecule has 1 fully saturated rings. The number of esters is 1. The minimum atomic E-state index is -0.420. The average Bonchev–Trinajstić information content (AvgIpc) is 1.65. The van der Waals surface area contributed by atoms with E-state index in [9.17, 15) is 4.79 Å². The minimum Gasteiger partial charge on any atom is -0.456 e. The standard InChI is InChI=1S/C5H9NO2/c1-5(2)3(6)4(7)8-5/h3H,6H2,1-2H3. The Labute approximate surface area is 47.8 Å². The maximum absolute atomic E-state index is 10.3. The Morgan fingerprint density at radius 3 is 2.25 bits per heavy atom. The van der Waals surface area contributed by atoms with Crippen LogP contribution in [0.25, 0.3) is 0 Å². The van der Waals surface area contributed by atoms with Gasteiger partial charge in [0.1, 0.15) is 11.6 Å². The van der Waals surface area contributed by atoms with Crippen LogP contribution in [0, 0.1) is 0 Å². The van der Waals surface area contributed by atoms with Crippen molar-refractivity contribution in [2.45, 2.75) is 25.5 Å². The fraction of sp³-hybridized carbons (Fsp3) is 0.800. The first kappa shape index (κ1) is 5.56. The average molecular weight is 115 g/mol. The first-order valence-electron chi connectivity index (χ1n) is 2.52. The SMILES string of the molecule is CC1(C)OC(=O)C1N. The smallest absolute Gasteiger partial charge is 0.327 e. The molecule has 46 valence electrons. The van der Waals surface area contributed by atoms with Gasteiger partial charge in [0.2, 0.25) is 0 Å². The molecular weight excluding hydrogens is 106 g/mol. The number of hydrogen-bond donors (Lipinski definition) is 1. The number of cyclic esters (lactones) is 1. The Morgan fingerprint density at radius 2 is 2.25 bits per heavy atom. The molecule has 1 aliphatic heterocycles. The topological polar surface area (TPSA) is 52.3 Å². The lowest BCUT2D eigenvalue weighted by atomic mass is 9.94. The van der Waals surface area contributed by atoms with Crippen molar-refractivity contribution in [3.8, 4) is 0 Å². The van der Waals surface area contributed by atoms with E-state index in [1.165, 1.54) is 0 Å². The number of nitrogens with two attached hydrogens (primary N) is 1. The summed E-state index contributed by atoms with van der Waals surface area (Å²) in [7, 11) is 0. The molecule has 0 amide bonds. The summed E-state index contributed by atoms with van der Waals surface area (Å²) >= 11 is 0. The van der Waals surface area contributed by atoms with Crippen molar-refractivity contribution in [1.29, 1.82) is 0 Å². The molecule has 0 bridgehead atoms. The predicted octanol–water partition coefficient (Wildman–Crippen LogP) is -0.351. The summed E-state index contributed by atoms with van der Waals surface area (Å²) in [6, 6.07) is -0.414. The Bertz CT molecular complexity index is 130. The first-order chi connectivity index (χ1) is 3.54. The van der Waals surface area contributed by atoms with Crippen molar-refractivity contribution in [1.82, 2.24) is 0 Å². The lowest BCUT2D eigenvalue weighted by molar-refractivity contribution is -0.190. The summed E-state index contributed by atoms with van der Waals surface area (Å²) in [5.74, 6) is -0.296. The van der Waals surface area contributed by atoms with Gasteiger partial charge < -0.3 is 10.5 Å². The van der Waals surface area contributed by atoms with Gasteiger partial charge in [-0.15, -0.1) is 0 Å². The van der Waals surface area contributed by atoms with Gasteiger partial charge in [-0.1, -0.05) is 0 Å². The maximum Gasteiger partial charge on any atom is 0.327 e. The highest BCUT2D eigenvalue weighted by molar-refractivity contribution is 5.83. The molecule has 0 aromatic heterocycles. The van der Waals surface area contributed by atoms with Crippen molar-refractivity contribution in [3.63, 3.8) is 0 Å². The summed E-state index contributed by atoms with van der Waals surface area (Å²) in [5, 5.41) is 0. The van der Waals surface area contributed by atoms with Crippen molar-refractivity contribution in [2.24, 2.45) is 5.73 Å². The Balaban J connectivity index is 2.60.